The molecule has 0 unspecified atom stereocenters. The second-order valence-electron chi connectivity index (χ2n) is 15.6. The standard InChI is InChI=1S/C55H50O14P2/c1-35(56)45-27-23-41(60-5)31-51(45)65-70(66-52-32-42(61-6)24-28-46(52)36(2)57)64-50-22-16-15-21-49(50)55(39-17-11-9-12-18-39,40-19-13-10-14-20-40)69-71(67-53-33-43(62-7)25-29-47(53)37(3)58)68-54-34-44(63-8)26-30-48(54)38(4)59/h9-34H,1-8H3. The third-order valence-electron chi connectivity index (χ3n) is 11.0. The second kappa shape index (κ2) is 23.2. The van der Waals surface area contributed by atoms with Gasteiger partial charge in [0.2, 0.25) is 0 Å². The fourth-order valence-electron chi connectivity index (χ4n) is 7.42. The van der Waals surface area contributed by atoms with Crippen LogP contribution in [0, 0.1) is 0 Å². The van der Waals surface area contributed by atoms with E-state index in [1.807, 2.05) is 60.7 Å². The normalized spacial score (nSPS) is 11.1. The van der Waals surface area contributed by atoms with Crippen LogP contribution in [0.4, 0.5) is 0 Å². The molecule has 0 fully saturated rings. The summed E-state index contributed by atoms with van der Waals surface area (Å²) in [4.78, 5) is 52.7. The van der Waals surface area contributed by atoms with Gasteiger partial charge in [-0.2, -0.15) is 0 Å². The zero-order valence-electron chi connectivity index (χ0n) is 40.1. The lowest BCUT2D eigenvalue weighted by Crippen LogP contribution is -2.33. The Hall–Kier alpha value is -7.76. The van der Waals surface area contributed by atoms with E-state index >= 15 is 0 Å². The van der Waals surface area contributed by atoms with Crippen molar-refractivity contribution < 1.29 is 65.3 Å². The Balaban J connectivity index is 1.49. The first-order valence-corrected chi connectivity index (χ1v) is 24.1. The molecule has 0 aliphatic rings. The summed E-state index contributed by atoms with van der Waals surface area (Å²) in [5.41, 5.74) is 0.518. The number of carbonyl (C=O) groups is 4. The number of hydrogen-bond donors (Lipinski definition) is 0. The van der Waals surface area contributed by atoms with E-state index in [9.17, 15) is 19.2 Å². The molecule has 0 saturated heterocycles. The van der Waals surface area contributed by atoms with Crippen LogP contribution in [0.2, 0.25) is 0 Å². The molecular formula is C55H50O14P2. The Bertz CT molecular complexity index is 2860. The van der Waals surface area contributed by atoms with Gasteiger partial charge in [-0.1, -0.05) is 78.9 Å². The van der Waals surface area contributed by atoms with Gasteiger partial charge in [-0.05, 0) is 93.4 Å². The minimum atomic E-state index is -2.77. The molecule has 0 aliphatic heterocycles. The first-order chi connectivity index (χ1) is 34.3. The molecule has 0 heterocycles. The first kappa shape index (κ1) is 51.1. The largest absolute Gasteiger partial charge is 0.530 e. The van der Waals surface area contributed by atoms with Crippen LogP contribution < -0.4 is 41.6 Å². The zero-order chi connectivity index (χ0) is 50.7. The summed E-state index contributed by atoms with van der Waals surface area (Å²) in [6, 6.07) is 44.5. The molecule has 7 aromatic carbocycles. The maximum absolute atomic E-state index is 13.2. The average molecular weight is 997 g/mol. The topological polar surface area (TPSA) is 161 Å². The van der Waals surface area contributed by atoms with Crippen LogP contribution in [0.15, 0.2) is 158 Å². The van der Waals surface area contributed by atoms with Crippen molar-refractivity contribution in [2.24, 2.45) is 0 Å². The minimum absolute atomic E-state index is 0.0687. The molecule has 0 radical (unpaired) electrons. The minimum Gasteiger partial charge on any atom is -0.497 e. The first-order valence-electron chi connectivity index (χ1n) is 21.9. The van der Waals surface area contributed by atoms with E-state index in [0.29, 0.717) is 39.7 Å². The summed E-state index contributed by atoms with van der Waals surface area (Å²) in [5.74, 6) is 0.692. The van der Waals surface area contributed by atoms with Crippen LogP contribution in [-0.2, 0) is 10.1 Å². The van der Waals surface area contributed by atoms with Gasteiger partial charge in [0.25, 0.3) is 0 Å². The molecule has 0 spiro atoms. The molecule has 16 heteroatoms. The number of ether oxygens (including phenoxy) is 4. The van der Waals surface area contributed by atoms with E-state index in [2.05, 4.69) is 0 Å². The molecule has 0 saturated carbocycles. The highest BCUT2D eigenvalue weighted by atomic mass is 31.2. The number of hydrogen-bond acceptors (Lipinski definition) is 14. The molecule has 0 amide bonds. The molecule has 7 aromatic rings. The summed E-state index contributed by atoms with van der Waals surface area (Å²) in [6.45, 7) is 5.60. The van der Waals surface area contributed by atoms with Crippen LogP contribution in [0.25, 0.3) is 0 Å². The highest BCUT2D eigenvalue weighted by Crippen LogP contribution is 2.57. The number of Topliss-reactive ketones (excluding diaryl/α,β-unsaturated/α-hetero) is 4. The van der Waals surface area contributed by atoms with Gasteiger partial charge < -0.3 is 41.6 Å². The number of para-hydroxylation sites is 1. The molecular weight excluding hydrogens is 947 g/mol. The van der Waals surface area contributed by atoms with E-state index in [0.717, 1.165) is 0 Å². The molecule has 0 aliphatic carbocycles. The molecule has 0 bridgehead atoms. The van der Waals surface area contributed by atoms with Gasteiger partial charge in [0.05, 0.1) is 50.7 Å². The predicted molar refractivity (Wildman–Crippen MR) is 269 cm³/mol. The van der Waals surface area contributed by atoms with E-state index in [1.54, 1.807) is 84.9 Å². The number of methoxy groups -OCH3 is 4. The van der Waals surface area contributed by atoms with Crippen molar-refractivity contribution in [1.29, 1.82) is 0 Å². The van der Waals surface area contributed by atoms with E-state index in [4.69, 9.17) is 46.1 Å². The Labute approximate surface area is 414 Å². The fraction of sp³-hybridized carbons (Fsp3) is 0.164. The number of ketones is 4. The quantitative estimate of drug-likeness (QED) is 0.0338. The van der Waals surface area contributed by atoms with Crippen molar-refractivity contribution in [3.8, 4) is 51.7 Å². The van der Waals surface area contributed by atoms with Gasteiger partial charge in [-0.15, -0.1) is 0 Å². The summed E-state index contributed by atoms with van der Waals surface area (Å²) in [5, 5.41) is 0. The number of benzene rings is 7. The van der Waals surface area contributed by atoms with Gasteiger partial charge in [0, 0.05) is 29.8 Å². The number of rotatable bonds is 23. The van der Waals surface area contributed by atoms with Gasteiger partial charge in [-0.25, -0.2) is 0 Å². The Kier molecular flexibility index (Phi) is 16.7. The molecule has 0 N–H and O–H groups in total. The third-order valence-corrected chi connectivity index (χ3v) is 13.1. The molecule has 7 rings (SSSR count). The average Bonchev–Trinajstić information content (AvgIpc) is 3.38. The molecule has 71 heavy (non-hydrogen) atoms. The summed E-state index contributed by atoms with van der Waals surface area (Å²) < 4.78 is 63.3. The predicted octanol–water partition coefficient (Wildman–Crippen LogP) is 13.0. The molecule has 0 atom stereocenters. The molecule has 0 aromatic heterocycles. The Morgan fingerprint density at radius 2 is 0.648 bits per heavy atom. The summed E-state index contributed by atoms with van der Waals surface area (Å²) in [6.07, 6.45) is 0. The van der Waals surface area contributed by atoms with Crippen LogP contribution in [0.1, 0.15) is 85.8 Å². The van der Waals surface area contributed by atoms with Crippen molar-refractivity contribution in [2.75, 3.05) is 28.4 Å². The van der Waals surface area contributed by atoms with E-state index < -0.39 is 22.8 Å². The maximum Gasteiger partial charge on any atom is 0.530 e. The highest BCUT2D eigenvalue weighted by Gasteiger charge is 2.46. The van der Waals surface area contributed by atoms with Crippen molar-refractivity contribution >= 4 is 40.3 Å². The smallest absolute Gasteiger partial charge is 0.497 e. The lowest BCUT2D eigenvalue weighted by molar-refractivity contribution is 0.1000. The van der Waals surface area contributed by atoms with Gasteiger partial charge in [-0.3, -0.25) is 23.7 Å². The number of carbonyl (C=O) groups excluding carboxylic acids is 4. The Morgan fingerprint density at radius 1 is 0.352 bits per heavy atom. The van der Waals surface area contributed by atoms with Crippen LogP contribution >= 0.6 is 17.2 Å². The van der Waals surface area contributed by atoms with Crippen LogP contribution in [-0.4, -0.2) is 51.6 Å². The van der Waals surface area contributed by atoms with Crippen molar-refractivity contribution in [3.63, 3.8) is 0 Å². The summed E-state index contributed by atoms with van der Waals surface area (Å²) >= 11 is 0. The SMILES string of the molecule is COc1ccc(C(C)=O)c(OP(Oc2cc(OC)ccc2C(C)=O)Oc2ccccc2C(OP(Oc2cc(OC)ccc2C(C)=O)Oc2cc(OC)ccc2C(C)=O)(c2ccccc2)c2ccccc2)c1. The van der Waals surface area contributed by atoms with Gasteiger partial charge in [0.1, 0.15) is 51.7 Å². The van der Waals surface area contributed by atoms with E-state index in [-0.39, 0.29) is 74.1 Å². The van der Waals surface area contributed by atoms with Gasteiger partial charge in [0.15, 0.2) is 28.7 Å². The van der Waals surface area contributed by atoms with Crippen molar-refractivity contribution in [1.82, 2.24) is 0 Å². The maximum atomic E-state index is 13.2. The highest BCUT2D eigenvalue weighted by molar-refractivity contribution is 7.43. The second-order valence-corrected chi connectivity index (χ2v) is 17.6. The zero-order valence-corrected chi connectivity index (χ0v) is 41.9. The lowest BCUT2D eigenvalue weighted by Gasteiger charge is -2.38. The summed E-state index contributed by atoms with van der Waals surface area (Å²) in [7, 11) is 0.486. The lowest BCUT2D eigenvalue weighted by atomic mass is 9.80. The third kappa shape index (κ3) is 11.8. The fourth-order valence-corrected chi connectivity index (χ4v) is 9.75. The van der Waals surface area contributed by atoms with Gasteiger partial charge >= 0.3 is 17.2 Å². The van der Waals surface area contributed by atoms with E-state index in [1.165, 1.54) is 68.3 Å². The molecule has 364 valence electrons. The monoisotopic (exact) mass is 996 g/mol. The van der Waals surface area contributed by atoms with Crippen molar-refractivity contribution in [2.45, 2.75) is 33.3 Å². The van der Waals surface area contributed by atoms with Crippen molar-refractivity contribution in [3.05, 3.63) is 197 Å². The van der Waals surface area contributed by atoms with Crippen LogP contribution in [0.5, 0.6) is 51.7 Å². The molecule has 14 nitrogen and oxygen atoms in total. The Morgan fingerprint density at radius 3 is 0.972 bits per heavy atom. The van der Waals surface area contributed by atoms with Crippen LogP contribution in [0.3, 0.4) is 0 Å².